The van der Waals surface area contributed by atoms with E-state index in [1.54, 1.807) is 13.8 Å². The minimum Gasteiger partial charge on any atom is -0.481 e. The summed E-state index contributed by atoms with van der Waals surface area (Å²) in [6.45, 7) is 3.39. The highest BCUT2D eigenvalue weighted by molar-refractivity contribution is 6.30. The van der Waals surface area contributed by atoms with Crippen molar-refractivity contribution in [3.63, 3.8) is 0 Å². The van der Waals surface area contributed by atoms with Crippen molar-refractivity contribution >= 4 is 23.2 Å². The van der Waals surface area contributed by atoms with Gasteiger partial charge in [0.15, 0.2) is 5.65 Å². The molecule has 1 aliphatic rings. The molecule has 0 radical (unpaired) electrons. The summed E-state index contributed by atoms with van der Waals surface area (Å²) < 4.78 is 1.54. The van der Waals surface area contributed by atoms with Gasteiger partial charge in [0.25, 0.3) is 0 Å². The summed E-state index contributed by atoms with van der Waals surface area (Å²) in [5, 5.41) is 14.3. The average molecular weight is 370 g/mol. The molecule has 0 amide bonds. The number of carbonyl (C=O) groups is 1. The van der Waals surface area contributed by atoms with Crippen LogP contribution in [-0.4, -0.2) is 25.7 Å². The molecule has 2 heterocycles. The van der Waals surface area contributed by atoms with Gasteiger partial charge in [-0.2, -0.15) is 5.10 Å². The number of halogens is 1. The number of benzene rings is 1. The molecule has 6 heteroatoms. The van der Waals surface area contributed by atoms with Crippen molar-refractivity contribution in [3.05, 3.63) is 51.8 Å². The van der Waals surface area contributed by atoms with E-state index >= 15 is 0 Å². The van der Waals surface area contributed by atoms with Gasteiger partial charge in [-0.3, -0.25) is 4.79 Å². The Bertz CT molecular complexity index is 1030. The predicted octanol–water partition coefficient (Wildman–Crippen LogP) is 4.43. The quantitative estimate of drug-likeness (QED) is 0.694. The fraction of sp³-hybridized carbons (Fsp3) is 0.350. The fourth-order valence-electron chi connectivity index (χ4n) is 3.74. The zero-order chi connectivity index (χ0) is 18.4. The van der Waals surface area contributed by atoms with Crippen LogP contribution in [0.3, 0.4) is 0 Å². The van der Waals surface area contributed by atoms with Crippen LogP contribution in [0.2, 0.25) is 5.15 Å². The normalized spacial score (nSPS) is 15.0. The second kappa shape index (κ2) is 6.40. The Hall–Kier alpha value is -2.40. The lowest BCUT2D eigenvalue weighted by atomic mass is 9.90. The van der Waals surface area contributed by atoms with E-state index in [1.807, 2.05) is 6.07 Å². The summed E-state index contributed by atoms with van der Waals surface area (Å²) >= 11 is 6.50. The first-order valence-electron chi connectivity index (χ1n) is 8.86. The van der Waals surface area contributed by atoms with Crippen LogP contribution in [0.25, 0.3) is 16.9 Å². The number of carboxylic acid groups (broad SMARTS) is 1. The monoisotopic (exact) mass is 369 g/mol. The van der Waals surface area contributed by atoms with Crippen molar-refractivity contribution in [2.45, 2.75) is 45.4 Å². The third-order valence-electron chi connectivity index (χ3n) is 5.22. The van der Waals surface area contributed by atoms with Crippen molar-refractivity contribution in [1.82, 2.24) is 14.6 Å². The number of carboxylic acids is 1. The summed E-state index contributed by atoms with van der Waals surface area (Å²) in [6.07, 6.45) is 4.73. The largest absolute Gasteiger partial charge is 0.481 e. The summed E-state index contributed by atoms with van der Waals surface area (Å²) in [7, 11) is 0. The number of rotatable bonds is 3. The topological polar surface area (TPSA) is 67.5 Å². The lowest BCUT2D eigenvalue weighted by Gasteiger charge is -2.15. The first-order chi connectivity index (χ1) is 12.5. The first kappa shape index (κ1) is 17.0. The van der Waals surface area contributed by atoms with Gasteiger partial charge in [0.05, 0.1) is 11.6 Å². The minimum atomic E-state index is -0.932. The van der Waals surface area contributed by atoms with E-state index in [0.29, 0.717) is 22.1 Å². The van der Waals surface area contributed by atoms with E-state index in [9.17, 15) is 9.90 Å². The number of aliphatic carboxylic acids is 1. The zero-order valence-corrected chi connectivity index (χ0v) is 15.5. The molecule has 4 rings (SSSR count). The molecule has 2 aromatic heterocycles. The van der Waals surface area contributed by atoms with Gasteiger partial charge in [-0.15, -0.1) is 0 Å². The van der Waals surface area contributed by atoms with Crippen molar-refractivity contribution in [1.29, 1.82) is 0 Å². The Morgan fingerprint density at radius 2 is 1.96 bits per heavy atom. The molecular formula is C20H20ClN3O2. The Balaban J connectivity index is 1.83. The number of nitrogens with zero attached hydrogens (tertiary/aromatic N) is 3. The van der Waals surface area contributed by atoms with E-state index < -0.39 is 11.9 Å². The smallest absolute Gasteiger partial charge is 0.310 e. The Morgan fingerprint density at radius 3 is 2.69 bits per heavy atom. The molecule has 134 valence electrons. The number of hydrogen-bond donors (Lipinski definition) is 1. The van der Waals surface area contributed by atoms with E-state index in [4.69, 9.17) is 11.6 Å². The molecule has 0 spiro atoms. The van der Waals surface area contributed by atoms with E-state index in [-0.39, 0.29) is 0 Å². The molecule has 5 nitrogen and oxygen atoms in total. The SMILES string of the molecule is Cc1nc2cc(-c3ccc4c(c3)CCCC4)nn2c(Cl)c1C(C)C(=O)O. The van der Waals surface area contributed by atoms with Gasteiger partial charge in [0, 0.05) is 22.9 Å². The van der Waals surface area contributed by atoms with Crippen molar-refractivity contribution in [2.24, 2.45) is 0 Å². The average Bonchev–Trinajstić information content (AvgIpc) is 3.05. The van der Waals surface area contributed by atoms with Gasteiger partial charge in [-0.05, 0) is 56.7 Å². The second-order valence-corrected chi connectivity index (χ2v) is 7.31. The molecule has 1 unspecified atom stereocenters. The van der Waals surface area contributed by atoms with Gasteiger partial charge in [0.1, 0.15) is 5.15 Å². The van der Waals surface area contributed by atoms with Crippen LogP contribution in [0.15, 0.2) is 24.3 Å². The molecule has 0 saturated heterocycles. The van der Waals surface area contributed by atoms with Crippen LogP contribution in [0.1, 0.15) is 48.1 Å². The van der Waals surface area contributed by atoms with Crippen molar-refractivity contribution < 1.29 is 9.90 Å². The summed E-state index contributed by atoms with van der Waals surface area (Å²) in [5.74, 6) is -1.67. The molecule has 1 N–H and O–H groups in total. The maximum atomic E-state index is 11.4. The molecule has 1 atom stereocenters. The lowest BCUT2D eigenvalue weighted by Crippen LogP contribution is -2.13. The number of fused-ring (bicyclic) bond motifs is 2. The number of hydrogen-bond acceptors (Lipinski definition) is 3. The van der Waals surface area contributed by atoms with Gasteiger partial charge in [-0.1, -0.05) is 23.7 Å². The van der Waals surface area contributed by atoms with Crippen LogP contribution < -0.4 is 0 Å². The van der Waals surface area contributed by atoms with Crippen LogP contribution >= 0.6 is 11.6 Å². The summed E-state index contributed by atoms with van der Waals surface area (Å²) in [4.78, 5) is 15.9. The minimum absolute atomic E-state index is 0.312. The van der Waals surface area contributed by atoms with Crippen LogP contribution in [0.4, 0.5) is 0 Å². The van der Waals surface area contributed by atoms with E-state index in [0.717, 1.165) is 24.1 Å². The first-order valence-corrected chi connectivity index (χ1v) is 9.24. The highest BCUT2D eigenvalue weighted by Gasteiger charge is 2.23. The van der Waals surface area contributed by atoms with E-state index in [2.05, 4.69) is 28.3 Å². The van der Waals surface area contributed by atoms with Crippen LogP contribution in [0.5, 0.6) is 0 Å². The molecule has 1 aliphatic carbocycles. The van der Waals surface area contributed by atoms with E-state index in [1.165, 1.54) is 28.5 Å². The molecule has 3 aromatic rings. The summed E-state index contributed by atoms with van der Waals surface area (Å²) in [6, 6.07) is 8.38. The molecule has 0 saturated carbocycles. The Kier molecular flexibility index (Phi) is 4.19. The lowest BCUT2D eigenvalue weighted by molar-refractivity contribution is -0.138. The van der Waals surface area contributed by atoms with Gasteiger partial charge in [0.2, 0.25) is 0 Å². The third kappa shape index (κ3) is 2.76. The maximum absolute atomic E-state index is 11.4. The number of aromatic nitrogens is 3. The van der Waals surface area contributed by atoms with Crippen molar-refractivity contribution in [2.75, 3.05) is 0 Å². The molecular weight excluding hydrogens is 350 g/mol. The molecule has 1 aromatic carbocycles. The standard InChI is InChI=1S/C20H20ClN3O2/c1-11(20(25)26)18-12(2)22-17-10-16(23-24(17)19(18)21)15-8-7-13-5-3-4-6-14(13)9-15/h7-11H,3-6H2,1-2H3,(H,25,26). The van der Waals surface area contributed by atoms with Crippen LogP contribution in [-0.2, 0) is 17.6 Å². The number of aryl methyl sites for hydroxylation is 3. The zero-order valence-electron chi connectivity index (χ0n) is 14.8. The highest BCUT2D eigenvalue weighted by Crippen LogP contribution is 2.31. The van der Waals surface area contributed by atoms with Gasteiger partial charge < -0.3 is 5.11 Å². The van der Waals surface area contributed by atoms with Crippen molar-refractivity contribution in [3.8, 4) is 11.3 Å². The highest BCUT2D eigenvalue weighted by atomic mass is 35.5. The maximum Gasteiger partial charge on any atom is 0.310 e. The van der Waals surface area contributed by atoms with Gasteiger partial charge in [-0.25, -0.2) is 9.50 Å². The van der Waals surface area contributed by atoms with Crippen LogP contribution in [0, 0.1) is 6.92 Å². The molecule has 0 bridgehead atoms. The summed E-state index contributed by atoms with van der Waals surface area (Å²) in [5.41, 5.74) is 6.40. The fourth-order valence-corrected chi connectivity index (χ4v) is 4.16. The second-order valence-electron chi connectivity index (χ2n) is 6.95. The predicted molar refractivity (Wildman–Crippen MR) is 101 cm³/mol. The molecule has 0 aliphatic heterocycles. The Labute approximate surface area is 156 Å². The van der Waals surface area contributed by atoms with Gasteiger partial charge >= 0.3 is 5.97 Å². The third-order valence-corrected chi connectivity index (χ3v) is 5.58. The Morgan fingerprint density at radius 1 is 1.23 bits per heavy atom. The molecule has 26 heavy (non-hydrogen) atoms. The molecule has 0 fully saturated rings.